The lowest BCUT2D eigenvalue weighted by molar-refractivity contribution is -0.127. The van der Waals surface area contributed by atoms with Crippen molar-refractivity contribution < 1.29 is 19.1 Å². The Morgan fingerprint density at radius 3 is 2.50 bits per heavy atom. The Morgan fingerprint density at radius 2 is 1.88 bits per heavy atom. The Morgan fingerprint density at radius 1 is 1.12 bits per heavy atom. The van der Waals surface area contributed by atoms with E-state index < -0.39 is 6.10 Å². The Kier molecular flexibility index (Phi) is 6.72. The van der Waals surface area contributed by atoms with Gasteiger partial charge in [-0.1, -0.05) is 18.2 Å². The summed E-state index contributed by atoms with van der Waals surface area (Å²) in [6.07, 6.45) is 1.04. The molecule has 26 heavy (non-hydrogen) atoms. The standard InChI is InChI=1S/C20H24N2O4/c1-13(2)25-19-9-8-16(11-21-19)12-22-20(24)15(4)26-18-7-5-6-17(10-18)14(3)23/h5-11,13,15H,12H2,1-4H3,(H,22,24). The van der Waals surface area contributed by atoms with Gasteiger partial charge in [0.25, 0.3) is 5.91 Å². The topological polar surface area (TPSA) is 77.5 Å². The number of nitrogens with zero attached hydrogens (tertiary/aromatic N) is 1. The number of carbonyl (C=O) groups excluding carboxylic acids is 2. The van der Waals surface area contributed by atoms with Gasteiger partial charge in [0.05, 0.1) is 6.10 Å². The van der Waals surface area contributed by atoms with Crippen LogP contribution in [0.3, 0.4) is 0 Å². The molecule has 0 saturated carbocycles. The molecule has 0 aliphatic heterocycles. The van der Waals surface area contributed by atoms with E-state index in [9.17, 15) is 9.59 Å². The molecule has 6 heteroatoms. The van der Waals surface area contributed by atoms with Crippen molar-refractivity contribution in [2.75, 3.05) is 0 Å². The number of ether oxygens (including phenoxy) is 2. The number of rotatable bonds is 8. The van der Waals surface area contributed by atoms with Gasteiger partial charge in [-0.15, -0.1) is 0 Å². The average molecular weight is 356 g/mol. The maximum atomic E-state index is 12.2. The van der Waals surface area contributed by atoms with Crippen molar-refractivity contribution in [1.82, 2.24) is 10.3 Å². The first-order valence-corrected chi connectivity index (χ1v) is 8.52. The van der Waals surface area contributed by atoms with Crippen molar-refractivity contribution in [2.45, 2.75) is 46.4 Å². The Balaban J connectivity index is 1.87. The Labute approximate surface area is 153 Å². The molecule has 0 radical (unpaired) electrons. The number of Topliss-reactive ketones (excluding diaryl/α,β-unsaturated/α-hetero) is 1. The van der Waals surface area contributed by atoms with Gasteiger partial charge in [0, 0.05) is 24.4 Å². The number of amides is 1. The summed E-state index contributed by atoms with van der Waals surface area (Å²) < 4.78 is 11.1. The summed E-state index contributed by atoms with van der Waals surface area (Å²) in [5.74, 6) is 0.736. The largest absolute Gasteiger partial charge is 0.481 e. The summed E-state index contributed by atoms with van der Waals surface area (Å²) in [6.45, 7) is 7.36. The Hall–Kier alpha value is -2.89. The smallest absolute Gasteiger partial charge is 0.261 e. The molecule has 138 valence electrons. The van der Waals surface area contributed by atoms with Crippen molar-refractivity contribution in [3.63, 3.8) is 0 Å². The number of carbonyl (C=O) groups is 2. The minimum absolute atomic E-state index is 0.0510. The maximum Gasteiger partial charge on any atom is 0.261 e. The van der Waals surface area contributed by atoms with E-state index in [1.165, 1.54) is 6.92 Å². The number of benzene rings is 1. The van der Waals surface area contributed by atoms with Crippen LogP contribution in [0.25, 0.3) is 0 Å². The first-order valence-electron chi connectivity index (χ1n) is 8.52. The zero-order valence-electron chi connectivity index (χ0n) is 15.5. The molecule has 0 spiro atoms. The van der Waals surface area contributed by atoms with Gasteiger partial charge in [-0.3, -0.25) is 9.59 Å². The summed E-state index contributed by atoms with van der Waals surface area (Å²) >= 11 is 0. The molecule has 0 fully saturated rings. The number of ketones is 1. The molecule has 0 saturated heterocycles. The van der Waals surface area contributed by atoms with E-state index in [1.807, 2.05) is 19.9 Å². The van der Waals surface area contributed by atoms with E-state index in [4.69, 9.17) is 9.47 Å². The van der Waals surface area contributed by atoms with E-state index in [1.54, 1.807) is 43.5 Å². The molecule has 0 bridgehead atoms. The highest BCUT2D eigenvalue weighted by molar-refractivity contribution is 5.94. The van der Waals surface area contributed by atoms with Gasteiger partial charge in [0.1, 0.15) is 5.75 Å². The van der Waals surface area contributed by atoms with Gasteiger partial charge in [-0.25, -0.2) is 4.98 Å². The highest BCUT2D eigenvalue weighted by Gasteiger charge is 2.15. The third-order valence-corrected chi connectivity index (χ3v) is 3.54. The molecular weight excluding hydrogens is 332 g/mol. The van der Waals surface area contributed by atoms with Crippen molar-refractivity contribution >= 4 is 11.7 Å². The normalized spacial score (nSPS) is 11.7. The molecule has 1 aromatic carbocycles. The highest BCUT2D eigenvalue weighted by atomic mass is 16.5. The van der Waals surface area contributed by atoms with Gasteiger partial charge >= 0.3 is 0 Å². The molecule has 0 aliphatic rings. The first-order chi connectivity index (χ1) is 12.3. The van der Waals surface area contributed by atoms with Crippen LogP contribution in [-0.4, -0.2) is 28.9 Å². The third-order valence-electron chi connectivity index (χ3n) is 3.54. The average Bonchev–Trinajstić information content (AvgIpc) is 2.60. The molecule has 1 aromatic heterocycles. The van der Waals surface area contributed by atoms with Crippen LogP contribution in [0, 0.1) is 0 Å². The second-order valence-electron chi connectivity index (χ2n) is 6.23. The SMILES string of the molecule is CC(=O)c1cccc(OC(C)C(=O)NCc2ccc(OC(C)C)nc2)c1. The van der Waals surface area contributed by atoms with Gasteiger partial charge in [0.15, 0.2) is 11.9 Å². The summed E-state index contributed by atoms with van der Waals surface area (Å²) in [4.78, 5) is 27.8. The van der Waals surface area contributed by atoms with Gasteiger partial charge in [-0.05, 0) is 45.4 Å². The van der Waals surface area contributed by atoms with Crippen LogP contribution in [0.15, 0.2) is 42.6 Å². The molecule has 1 N–H and O–H groups in total. The fourth-order valence-electron chi connectivity index (χ4n) is 2.21. The molecule has 2 rings (SSSR count). The number of hydrogen-bond donors (Lipinski definition) is 1. The van der Waals surface area contributed by atoms with Crippen LogP contribution in [0.1, 0.15) is 43.6 Å². The van der Waals surface area contributed by atoms with Crippen LogP contribution in [-0.2, 0) is 11.3 Å². The zero-order valence-corrected chi connectivity index (χ0v) is 15.5. The van der Waals surface area contributed by atoms with Crippen LogP contribution < -0.4 is 14.8 Å². The lowest BCUT2D eigenvalue weighted by Gasteiger charge is -2.15. The fourth-order valence-corrected chi connectivity index (χ4v) is 2.21. The molecule has 1 atom stereocenters. The number of pyridine rings is 1. The van der Waals surface area contributed by atoms with Crippen LogP contribution in [0.2, 0.25) is 0 Å². The fraction of sp³-hybridized carbons (Fsp3) is 0.350. The second kappa shape index (κ2) is 8.99. The van der Waals surface area contributed by atoms with E-state index in [2.05, 4.69) is 10.3 Å². The van der Waals surface area contributed by atoms with Crippen LogP contribution in [0.4, 0.5) is 0 Å². The lowest BCUT2D eigenvalue weighted by Crippen LogP contribution is -2.35. The summed E-state index contributed by atoms with van der Waals surface area (Å²) in [5.41, 5.74) is 1.41. The monoisotopic (exact) mass is 356 g/mol. The van der Waals surface area contributed by atoms with Crippen molar-refractivity contribution in [3.05, 3.63) is 53.7 Å². The van der Waals surface area contributed by atoms with Gasteiger partial charge in [0.2, 0.25) is 5.88 Å². The second-order valence-corrected chi connectivity index (χ2v) is 6.23. The van der Waals surface area contributed by atoms with Crippen molar-refractivity contribution in [2.24, 2.45) is 0 Å². The van der Waals surface area contributed by atoms with Gasteiger partial charge in [-0.2, -0.15) is 0 Å². The molecule has 0 aliphatic carbocycles. The number of nitrogens with one attached hydrogen (secondary N) is 1. The summed E-state index contributed by atoms with van der Waals surface area (Å²) in [6, 6.07) is 10.4. The third kappa shape index (κ3) is 5.88. The van der Waals surface area contributed by atoms with Crippen LogP contribution >= 0.6 is 0 Å². The van der Waals surface area contributed by atoms with E-state index >= 15 is 0 Å². The molecule has 2 aromatic rings. The molecule has 1 unspecified atom stereocenters. The van der Waals surface area contributed by atoms with E-state index in [0.29, 0.717) is 23.7 Å². The molecule has 6 nitrogen and oxygen atoms in total. The molecule has 1 amide bonds. The van der Waals surface area contributed by atoms with Crippen molar-refractivity contribution in [1.29, 1.82) is 0 Å². The van der Waals surface area contributed by atoms with Gasteiger partial charge < -0.3 is 14.8 Å². The number of hydrogen-bond acceptors (Lipinski definition) is 5. The van der Waals surface area contributed by atoms with E-state index in [-0.39, 0.29) is 17.8 Å². The van der Waals surface area contributed by atoms with Crippen molar-refractivity contribution in [3.8, 4) is 11.6 Å². The molecule has 1 heterocycles. The maximum absolute atomic E-state index is 12.2. The van der Waals surface area contributed by atoms with Crippen LogP contribution in [0.5, 0.6) is 11.6 Å². The lowest BCUT2D eigenvalue weighted by atomic mass is 10.1. The zero-order chi connectivity index (χ0) is 19.1. The minimum atomic E-state index is -0.686. The minimum Gasteiger partial charge on any atom is -0.481 e. The summed E-state index contributed by atoms with van der Waals surface area (Å²) in [7, 11) is 0. The summed E-state index contributed by atoms with van der Waals surface area (Å²) in [5, 5.41) is 2.80. The Bertz CT molecular complexity index is 757. The first kappa shape index (κ1) is 19.4. The van der Waals surface area contributed by atoms with E-state index in [0.717, 1.165) is 5.56 Å². The quantitative estimate of drug-likeness (QED) is 0.735. The predicted octanol–water partition coefficient (Wildman–Crippen LogP) is 3.16. The highest BCUT2D eigenvalue weighted by Crippen LogP contribution is 2.15. The molecular formula is C20H24N2O4. The predicted molar refractivity (Wildman–Crippen MR) is 98.4 cm³/mol. The number of aromatic nitrogens is 1.